The summed E-state index contributed by atoms with van der Waals surface area (Å²) in [6, 6.07) is -0.0115. The third kappa shape index (κ3) is 4.70. The number of ether oxygens (including phenoxy) is 1. The number of nitrogens with one attached hydrogen (secondary N) is 1. The molecule has 3 atom stereocenters. The Hall–Kier alpha value is -1.10. The van der Waals surface area contributed by atoms with Gasteiger partial charge in [-0.25, -0.2) is 0 Å². The van der Waals surface area contributed by atoms with Gasteiger partial charge < -0.3 is 15.2 Å². The maximum atomic E-state index is 12.3. The number of carbonyl (C=O) groups is 2. The third-order valence-corrected chi connectivity index (χ3v) is 4.70. The molecule has 5 heteroatoms. The maximum absolute atomic E-state index is 12.3. The number of aliphatic carboxylic acids is 1. The van der Waals surface area contributed by atoms with E-state index in [0.717, 1.165) is 19.3 Å². The van der Waals surface area contributed by atoms with Crippen LogP contribution in [0.1, 0.15) is 64.7 Å². The number of hydrogen-bond donors (Lipinski definition) is 2. The molecule has 0 aromatic carbocycles. The van der Waals surface area contributed by atoms with Gasteiger partial charge in [0.2, 0.25) is 5.91 Å². The van der Waals surface area contributed by atoms with Crippen LogP contribution in [0.3, 0.4) is 0 Å². The number of rotatable bonds is 6. The summed E-state index contributed by atoms with van der Waals surface area (Å²) in [5, 5.41) is 12.0. The smallest absolute Gasteiger partial charge is 0.306 e. The molecule has 0 saturated heterocycles. The van der Waals surface area contributed by atoms with Crippen molar-refractivity contribution in [1.29, 1.82) is 0 Å². The van der Waals surface area contributed by atoms with E-state index in [1.54, 1.807) is 0 Å². The van der Waals surface area contributed by atoms with Gasteiger partial charge in [-0.2, -0.15) is 0 Å². The summed E-state index contributed by atoms with van der Waals surface area (Å²) >= 11 is 0. The van der Waals surface area contributed by atoms with Crippen LogP contribution in [0.4, 0.5) is 0 Å². The number of carboxylic acid groups (broad SMARTS) is 1. The lowest BCUT2D eigenvalue weighted by Crippen LogP contribution is -2.43. The van der Waals surface area contributed by atoms with Crippen LogP contribution < -0.4 is 5.32 Å². The summed E-state index contributed by atoms with van der Waals surface area (Å²) in [7, 11) is 0. The van der Waals surface area contributed by atoms with E-state index >= 15 is 0 Å². The van der Waals surface area contributed by atoms with Crippen LogP contribution in [0.5, 0.6) is 0 Å². The van der Waals surface area contributed by atoms with E-state index in [2.05, 4.69) is 5.32 Å². The fourth-order valence-electron chi connectivity index (χ4n) is 3.41. The molecule has 2 aliphatic rings. The fourth-order valence-corrected chi connectivity index (χ4v) is 3.41. The summed E-state index contributed by atoms with van der Waals surface area (Å²) in [6.07, 6.45) is 8.17. The Kier molecular flexibility index (Phi) is 6.03. The summed E-state index contributed by atoms with van der Waals surface area (Å²) in [4.78, 5) is 23.2. The van der Waals surface area contributed by atoms with E-state index in [9.17, 15) is 9.59 Å². The molecule has 2 N–H and O–H groups in total. The Morgan fingerprint density at radius 1 is 1.19 bits per heavy atom. The minimum atomic E-state index is -0.753. The zero-order valence-corrected chi connectivity index (χ0v) is 12.8. The molecule has 0 bridgehead atoms. The molecule has 21 heavy (non-hydrogen) atoms. The van der Waals surface area contributed by atoms with Crippen LogP contribution in [-0.4, -0.2) is 35.2 Å². The summed E-state index contributed by atoms with van der Waals surface area (Å²) < 4.78 is 5.96. The zero-order valence-electron chi connectivity index (χ0n) is 12.8. The van der Waals surface area contributed by atoms with Crippen molar-refractivity contribution in [1.82, 2.24) is 5.32 Å². The number of amides is 1. The molecule has 1 unspecified atom stereocenters. The van der Waals surface area contributed by atoms with Crippen molar-refractivity contribution in [3.63, 3.8) is 0 Å². The number of hydrogen-bond acceptors (Lipinski definition) is 3. The van der Waals surface area contributed by atoms with E-state index < -0.39 is 12.1 Å². The Morgan fingerprint density at radius 2 is 1.90 bits per heavy atom. The first kappa shape index (κ1) is 16.3. The highest BCUT2D eigenvalue weighted by atomic mass is 16.5. The van der Waals surface area contributed by atoms with Crippen LogP contribution in [0.15, 0.2) is 0 Å². The van der Waals surface area contributed by atoms with E-state index in [1.807, 2.05) is 6.92 Å². The zero-order chi connectivity index (χ0) is 15.2. The van der Waals surface area contributed by atoms with Gasteiger partial charge in [-0.15, -0.1) is 0 Å². The topological polar surface area (TPSA) is 75.6 Å². The molecular weight excluding hydrogens is 270 g/mol. The molecule has 5 nitrogen and oxygen atoms in total. The van der Waals surface area contributed by atoms with Crippen molar-refractivity contribution in [2.45, 2.75) is 83.0 Å². The van der Waals surface area contributed by atoms with Gasteiger partial charge in [-0.05, 0) is 38.5 Å². The second-order valence-electron chi connectivity index (χ2n) is 6.35. The minimum absolute atomic E-state index is 0.0115. The average Bonchev–Trinajstić information content (AvgIpc) is 2.94. The quantitative estimate of drug-likeness (QED) is 0.789. The van der Waals surface area contributed by atoms with Gasteiger partial charge in [0.05, 0.1) is 12.0 Å². The van der Waals surface area contributed by atoms with Gasteiger partial charge in [-0.3, -0.25) is 9.59 Å². The number of carboxylic acids is 1. The first-order valence-corrected chi connectivity index (χ1v) is 8.28. The van der Waals surface area contributed by atoms with Gasteiger partial charge in [0.1, 0.15) is 6.10 Å². The highest BCUT2D eigenvalue weighted by Crippen LogP contribution is 2.26. The molecule has 0 aromatic heterocycles. The van der Waals surface area contributed by atoms with Crippen molar-refractivity contribution in [3.05, 3.63) is 0 Å². The molecule has 2 fully saturated rings. The minimum Gasteiger partial charge on any atom is -0.481 e. The first-order valence-electron chi connectivity index (χ1n) is 8.28. The third-order valence-electron chi connectivity index (χ3n) is 4.70. The summed E-state index contributed by atoms with van der Waals surface area (Å²) in [5.41, 5.74) is 0. The lowest BCUT2D eigenvalue weighted by atomic mass is 9.97. The van der Waals surface area contributed by atoms with Crippen molar-refractivity contribution in [2.75, 3.05) is 0 Å². The second-order valence-corrected chi connectivity index (χ2v) is 6.35. The summed E-state index contributed by atoms with van der Waals surface area (Å²) in [5.74, 6) is -1.13. The van der Waals surface area contributed by atoms with Crippen LogP contribution in [0.25, 0.3) is 0 Å². The van der Waals surface area contributed by atoms with E-state index in [4.69, 9.17) is 9.84 Å². The largest absolute Gasteiger partial charge is 0.481 e. The fraction of sp³-hybridized carbons (Fsp3) is 0.875. The first-order chi connectivity index (χ1) is 10.1. The molecule has 1 amide bonds. The molecule has 120 valence electrons. The molecule has 0 radical (unpaired) electrons. The average molecular weight is 297 g/mol. The molecule has 0 heterocycles. The van der Waals surface area contributed by atoms with E-state index in [-0.39, 0.29) is 24.0 Å². The predicted octanol–water partition coefficient (Wildman–Crippen LogP) is 2.48. The molecule has 2 saturated carbocycles. The molecule has 0 aliphatic heterocycles. The molecular formula is C16H27NO4. The van der Waals surface area contributed by atoms with Gasteiger partial charge in [-0.1, -0.05) is 26.2 Å². The lowest BCUT2D eigenvalue weighted by molar-refractivity contribution is -0.142. The molecule has 0 aromatic rings. The molecule has 2 aliphatic carbocycles. The predicted molar refractivity (Wildman–Crippen MR) is 78.9 cm³/mol. The molecule has 2 rings (SSSR count). The highest BCUT2D eigenvalue weighted by Gasteiger charge is 2.32. The standard InChI is InChI=1S/C16H27NO4/c1-2-14(21-13-6-4-3-5-7-13)15(18)17-12-9-8-11(10-12)16(19)20/h11-14H,2-10H2,1H3,(H,17,18)(H,19,20)/t11-,12+,14?/m0/s1. The lowest BCUT2D eigenvalue weighted by Gasteiger charge is -2.27. The van der Waals surface area contributed by atoms with Crippen molar-refractivity contribution in [3.8, 4) is 0 Å². The Bertz CT molecular complexity index is 365. The van der Waals surface area contributed by atoms with Gasteiger partial charge in [0, 0.05) is 6.04 Å². The van der Waals surface area contributed by atoms with E-state index in [1.165, 1.54) is 19.3 Å². The monoisotopic (exact) mass is 297 g/mol. The second kappa shape index (κ2) is 7.78. The molecule has 0 spiro atoms. The summed E-state index contributed by atoms with van der Waals surface area (Å²) in [6.45, 7) is 1.96. The van der Waals surface area contributed by atoms with Crippen molar-refractivity contribution < 1.29 is 19.4 Å². The Labute approximate surface area is 126 Å². The van der Waals surface area contributed by atoms with Crippen LogP contribution in [0, 0.1) is 5.92 Å². The Balaban J connectivity index is 1.78. The number of carbonyl (C=O) groups excluding carboxylic acids is 1. The van der Waals surface area contributed by atoms with Crippen molar-refractivity contribution in [2.24, 2.45) is 5.92 Å². The normalized spacial score (nSPS) is 28.2. The van der Waals surface area contributed by atoms with Crippen LogP contribution >= 0.6 is 0 Å². The van der Waals surface area contributed by atoms with Crippen LogP contribution in [0.2, 0.25) is 0 Å². The van der Waals surface area contributed by atoms with Gasteiger partial charge in [0.25, 0.3) is 0 Å². The van der Waals surface area contributed by atoms with Crippen LogP contribution in [-0.2, 0) is 14.3 Å². The van der Waals surface area contributed by atoms with Crippen molar-refractivity contribution >= 4 is 11.9 Å². The van der Waals surface area contributed by atoms with E-state index in [0.29, 0.717) is 19.3 Å². The van der Waals surface area contributed by atoms with Gasteiger partial charge in [0.15, 0.2) is 0 Å². The van der Waals surface area contributed by atoms with Gasteiger partial charge >= 0.3 is 5.97 Å². The Morgan fingerprint density at radius 3 is 2.48 bits per heavy atom. The highest BCUT2D eigenvalue weighted by molar-refractivity contribution is 5.81. The SMILES string of the molecule is CCC(OC1CCCCC1)C(=O)N[C@@H]1CC[C@H](C(=O)O)C1. The maximum Gasteiger partial charge on any atom is 0.306 e.